The maximum atomic E-state index is 11.7. The number of phenols is 1. The second-order valence-corrected chi connectivity index (χ2v) is 5.27. The first-order valence-corrected chi connectivity index (χ1v) is 6.63. The number of hydrogen-bond acceptors (Lipinski definition) is 4. The second kappa shape index (κ2) is 6.22. The Morgan fingerprint density at radius 1 is 1.26 bits per heavy atom. The number of rotatable bonds is 6. The van der Waals surface area contributed by atoms with Gasteiger partial charge in [0.2, 0.25) is 10.0 Å². The predicted octanol–water partition coefficient (Wildman–Crippen LogP) is 1.25. The van der Waals surface area contributed by atoms with Crippen LogP contribution in [0.4, 0.5) is 13.2 Å². The second-order valence-electron chi connectivity index (χ2n) is 3.53. The van der Waals surface area contributed by atoms with Crippen LogP contribution in [0.2, 0.25) is 0 Å². The van der Waals surface area contributed by atoms with Crippen molar-refractivity contribution in [2.75, 3.05) is 19.8 Å². The zero-order valence-corrected chi connectivity index (χ0v) is 10.5. The molecule has 2 N–H and O–H groups in total. The average Bonchev–Trinajstić information content (AvgIpc) is 2.27. The van der Waals surface area contributed by atoms with Crippen molar-refractivity contribution in [1.29, 1.82) is 0 Å². The third-order valence-corrected chi connectivity index (χ3v) is 3.47. The first-order valence-electron chi connectivity index (χ1n) is 5.14. The molecule has 0 aliphatic rings. The monoisotopic (exact) mass is 299 g/mol. The number of nitrogens with one attached hydrogen (secondary N) is 1. The first kappa shape index (κ1) is 15.7. The van der Waals surface area contributed by atoms with E-state index in [9.17, 15) is 26.7 Å². The van der Waals surface area contributed by atoms with Crippen molar-refractivity contribution in [3.63, 3.8) is 0 Å². The summed E-state index contributed by atoms with van der Waals surface area (Å²) in [5.74, 6) is -0.439. The van der Waals surface area contributed by atoms with Crippen LogP contribution >= 0.6 is 0 Å². The number of ether oxygens (including phenoxy) is 1. The van der Waals surface area contributed by atoms with Crippen LogP contribution in [-0.4, -0.2) is 39.5 Å². The molecular weight excluding hydrogens is 287 g/mol. The summed E-state index contributed by atoms with van der Waals surface area (Å²) < 4.78 is 64.8. The highest BCUT2D eigenvalue weighted by Crippen LogP contribution is 2.20. The molecule has 1 rings (SSSR count). The average molecular weight is 299 g/mol. The van der Waals surface area contributed by atoms with Crippen molar-refractivity contribution in [2.24, 2.45) is 0 Å². The van der Waals surface area contributed by atoms with E-state index in [0.29, 0.717) is 0 Å². The molecule has 0 spiro atoms. The summed E-state index contributed by atoms with van der Waals surface area (Å²) in [6.45, 7) is -2.19. The van der Waals surface area contributed by atoms with E-state index in [0.717, 1.165) is 0 Å². The fourth-order valence-corrected chi connectivity index (χ4v) is 2.31. The molecule has 0 amide bonds. The largest absolute Gasteiger partial charge is 0.507 e. The highest BCUT2D eigenvalue weighted by Gasteiger charge is 2.27. The topological polar surface area (TPSA) is 75.6 Å². The number of alkyl halides is 3. The highest BCUT2D eigenvalue weighted by molar-refractivity contribution is 7.89. The maximum absolute atomic E-state index is 11.7. The number of phenolic OH excluding ortho intramolecular Hbond substituents is 1. The Morgan fingerprint density at radius 3 is 2.47 bits per heavy atom. The van der Waals surface area contributed by atoms with E-state index in [-0.39, 0.29) is 11.4 Å². The van der Waals surface area contributed by atoms with Gasteiger partial charge in [0.15, 0.2) is 0 Å². The Hall–Kier alpha value is -1.32. The fourth-order valence-electron chi connectivity index (χ4n) is 1.20. The van der Waals surface area contributed by atoms with Gasteiger partial charge in [-0.2, -0.15) is 13.2 Å². The minimum Gasteiger partial charge on any atom is -0.507 e. The standard InChI is InChI=1S/C10H12F3NO4S/c11-10(12,13)7-18-6-5-14-19(16,17)9-4-2-1-3-8(9)15/h1-4,14-15H,5-7H2. The lowest BCUT2D eigenvalue weighted by molar-refractivity contribution is -0.173. The lowest BCUT2D eigenvalue weighted by Crippen LogP contribution is -2.29. The van der Waals surface area contributed by atoms with Gasteiger partial charge in [-0.1, -0.05) is 12.1 Å². The first-order chi connectivity index (χ1) is 8.72. The number of aromatic hydroxyl groups is 1. The van der Waals surface area contributed by atoms with Crippen molar-refractivity contribution in [2.45, 2.75) is 11.1 Å². The molecule has 0 fully saturated rings. The van der Waals surface area contributed by atoms with Crippen molar-refractivity contribution in [1.82, 2.24) is 4.72 Å². The molecule has 9 heteroatoms. The van der Waals surface area contributed by atoms with E-state index in [2.05, 4.69) is 4.74 Å². The summed E-state index contributed by atoms with van der Waals surface area (Å²) in [7, 11) is -3.97. The maximum Gasteiger partial charge on any atom is 0.411 e. The Balaban J connectivity index is 2.47. The zero-order chi connectivity index (χ0) is 14.5. The number of sulfonamides is 1. The van der Waals surface area contributed by atoms with E-state index in [1.807, 2.05) is 4.72 Å². The van der Waals surface area contributed by atoms with Gasteiger partial charge in [-0.05, 0) is 12.1 Å². The van der Waals surface area contributed by atoms with E-state index < -0.39 is 35.2 Å². The minimum absolute atomic E-state index is 0.327. The lowest BCUT2D eigenvalue weighted by Gasteiger charge is -2.09. The molecule has 0 aromatic heterocycles. The fraction of sp³-hybridized carbons (Fsp3) is 0.400. The molecule has 0 saturated heterocycles. The quantitative estimate of drug-likeness (QED) is 0.775. The van der Waals surface area contributed by atoms with Crippen molar-refractivity contribution < 1.29 is 31.4 Å². The summed E-state index contributed by atoms with van der Waals surface area (Å²) in [4.78, 5) is -0.342. The minimum atomic E-state index is -4.45. The molecule has 1 aromatic carbocycles. The van der Waals surface area contributed by atoms with Crippen molar-refractivity contribution in [3.8, 4) is 5.75 Å². The summed E-state index contributed by atoms with van der Waals surface area (Å²) in [6.07, 6.45) is -4.45. The SMILES string of the molecule is O=S(=O)(NCCOCC(F)(F)F)c1ccccc1O. The molecule has 0 saturated carbocycles. The van der Waals surface area contributed by atoms with Gasteiger partial charge in [0.25, 0.3) is 0 Å². The summed E-state index contributed by atoms with van der Waals surface area (Å²) >= 11 is 0. The summed E-state index contributed by atoms with van der Waals surface area (Å²) in [5.41, 5.74) is 0. The normalized spacial score (nSPS) is 12.6. The lowest BCUT2D eigenvalue weighted by atomic mass is 10.3. The molecule has 19 heavy (non-hydrogen) atoms. The highest BCUT2D eigenvalue weighted by atomic mass is 32.2. The molecule has 0 aliphatic carbocycles. The molecule has 0 heterocycles. The van der Waals surface area contributed by atoms with E-state index >= 15 is 0 Å². The van der Waals surface area contributed by atoms with Gasteiger partial charge >= 0.3 is 6.18 Å². The van der Waals surface area contributed by atoms with Gasteiger partial charge in [0.1, 0.15) is 17.3 Å². The van der Waals surface area contributed by atoms with E-state index in [1.165, 1.54) is 24.3 Å². The summed E-state index contributed by atoms with van der Waals surface area (Å²) in [6, 6.07) is 5.22. The van der Waals surface area contributed by atoms with E-state index in [1.54, 1.807) is 0 Å². The zero-order valence-electron chi connectivity index (χ0n) is 9.64. The van der Waals surface area contributed by atoms with Crippen LogP contribution in [0.15, 0.2) is 29.2 Å². The van der Waals surface area contributed by atoms with Gasteiger partial charge in [-0.3, -0.25) is 0 Å². The summed E-state index contributed by atoms with van der Waals surface area (Å²) in [5, 5.41) is 9.36. The number of benzene rings is 1. The van der Waals surface area contributed by atoms with Gasteiger partial charge in [-0.25, -0.2) is 13.1 Å². The molecule has 0 radical (unpaired) electrons. The van der Waals surface area contributed by atoms with E-state index in [4.69, 9.17) is 0 Å². The van der Waals surface area contributed by atoms with Crippen LogP contribution in [0, 0.1) is 0 Å². The number of hydrogen-bond donors (Lipinski definition) is 2. The third-order valence-electron chi connectivity index (χ3n) is 1.96. The van der Waals surface area contributed by atoms with Gasteiger partial charge in [0.05, 0.1) is 6.61 Å². The number of halogens is 3. The molecule has 5 nitrogen and oxygen atoms in total. The van der Waals surface area contributed by atoms with Crippen LogP contribution in [-0.2, 0) is 14.8 Å². The molecule has 108 valence electrons. The van der Waals surface area contributed by atoms with Crippen LogP contribution in [0.1, 0.15) is 0 Å². The van der Waals surface area contributed by atoms with Gasteiger partial charge < -0.3 is 9.84 Å². The van der Waals surface area contributed by atoms with Crippen molar-refractivity contribution >= 4 is 10.0 Å². The Morgan fingerprint density at radius 2 is 1.89 bits per heavy atom. The Labute approximate surface area is 108 Å². The third kappa shape index (κ3) is 5.45. The van der Waals surface area contributed by atoms with Crippen molar-refractivity contribution in [3.05, 3.63) is 24.3 Å². The molecule has 0 aliphatic heterocycles. The molecular formula is C10H12F3NO4S. The van der Waals surface area contributed by atoms with Crippen LogP contribution in [0.3, 0.4) is 0 Å². The smallest absolute Gasteiger partial charge is 0.411 e. The molecule has 0 atom stereocenters. The van der Waals surface area contributed by atoms with Crippen LogP contribution in [0.25, 0.3) is 0 Å². The van der Waals surface area contributed by atoms with Crippen LogP contribution in [0.5, 0.6) is 5.75 Å². The van der Waals surface area contributed by atoms with Gasteiger partial charge in [0, 0.05) is 6.54 Å². The Kier molecular flexibility index (Phi) is 5.15. The van der Waals surface area contributed by atoms with Crippen LogP contribution < -0.4 is 4.72 Å². The molecule has 0 unspecified atom stereocenters. The Bertz CT molecular complexity index is 516. The molecule has 1 aromatic rings. The number of para-hydroxylation sites is 1. The molecule has 0 bridgehead atoms. The predicted molar refractivity (Wildman–Crippen MR) is 60.2 cm³/mol. The van der Waals surface area contributed by atoms with Gasteiger partial charge in [-0.15, -0.1) is 0 Å².